The van der Waals surface area contributed by atoms with Crippen LogP contribution in [0.2, 0.25) is 0 Å². The number of carbonyl (C=O) groups is 1. The van der Waals surface area contributed by atoms with Crippen LogP contribution in [-0.2, 0) is 24.3 Å². The number of halogens is 2. The van der Waals surface area contributed by atoms with Crippen molar-refractivity contribution in [3.05, 3.63) is 97.0 Å². The van der Waals surface area contributed by atoms with Crippen LogP contribution in [-0.4, -0.2) is 26.5 Å². The van der Waals surface area contributed by atoms with E-state index in [-0.39, 0.29) is 24.0 Å². The molecular weight excluding hydrogens is 448 g/mol. The van der Waals surface area contributed by atoms with Gasteiger partial charge in [0, 0.05) is 18.3 Å². The van der Waals surface area contributed by atoms with Crippen LogP contribution in [0.15, 0.2) is 58.1 Å². The van der Waals surface area contributed by atoms with E-state index in [0.717, 1.165) is 15.0 Å². The van der Waals surface area contributed by atoms with Gasteiger partial charge >= 0.3 is 5.69 Å². The van der Waals surface area contributed by atoms with Crippen LogP contribution in [0.1, 0.15) is 22.9 Å². The summed E-state index contributed by atoms with van der Waals surface area (Å²) in [6, 6.07) is 11.0. The number of rotatable bonds is 3. The molecule has 0 saturated carbocycles. The smallest absolute Gasteiger partial charge is 0.337 e. The molecule has 3 heterocycles. The largest absolute Gasteiger partial charge is 0.337 e. The van der Waals surface area contributed by atoms with Crippen LogP contribution < -0.4 is 11.2 Å². The molecular formula is C24H19F2N3O3S. The monoisotopic (exact) mass is 467 g/mol. The Labute approximate surface area is 190 Å². The van der Waals surface area contributed by atoms with Gasteiger partial charge in [-0.05, 0) is 53.9 Å². The second-order valence-electron chi connectivity index (χ2n) is 7.99. The van der Waals surface area contributed by atoms with E-state index in [1.54, 1.807) is 17.0 Å². The average Bonchev–Trinajstić information content (AvgIpc) is 3.18. The first-order valence-corrected chi connectivity index (χ1v) is 11.2. The maximum absolute atomic E-state index is 13.6. The van der Waals surface area contributed by atoms with Crippen LogP contribution in [0.4, 0.5) is 8.78 Å². The second-order valence-corrected chi connectivity index (χ2v) is 9.07. The van der Waals surface area contributed by atoms with Crippen molar-refractivity contribution >= 4 is 27.5 Å². The van der Waals surface area contributed by atoms with Gasteiger partial charge in [-0.15, -0.1) is 11.3 Å². The van der Waals surface area contributed by atoms with Gasteiger partial charge < -0.3 is 4.90 Å². The first kappa shape index (κ1) is 21.3. The average molecular weight is 467 g/mol. The van der Waals surface area contributed by atoms with Gasteiger partial charge in [-0.2, -0.15) is 0 Å². The fraction of sp³-hybridized carbons (Fsp3) is 0.208. The van der Waals surface area contributed by atoms with Gasteiger partial charge in [0.25, 0.3) is 5.56 Å². The Hall–Kier alpha value is -3.59. The number of amides is 1. The third-order valence-corrected chi connectivity index (χ3v) is 7.15. The first-order chi connectivity index (χ1) is 15.8. The molecule has 0 spiro atoms. The summed E-state index contributed by atoms with van der Waals surface area (Å²) in [6.07, 6.45) is 0.502. The van der Waals surface area contributed by atoms with Crippen molar-refractivity contribution in [3.8, 4) is 5.69 Å². The van der Waals surface area contributed by atoms with Crippen molar-refractivity contribution in [2.75, 3.05) is 6.54 Å². The highest BCUT2D eigenvalue weighted by Gasteiger charge is 2.27. The number of aromatic nitrogens is 2. The van der Waals surface area contributed by atoms with Crippen LogP contribution in [0.25, 0.3) is 15.9 Å². The molecule has 0 bridgehead atoms. The molecule has 0 fully saturated rings. The van der Waals surface area contributed by atoms with E-state index in [4.69, 9.17) is 0 Å². The minimum absolute atomic E-state index is 0.0504. The lowest BCUT2D eigenvalue weighted by atomic mass is 10.1. The highest BCUT2D eigenvalue weighted by atomic mass is 32.1. The number of thiophene rings is 1. The fourth-order valence-corrected chi connectivity index (χ4v) is 5.55. The van der Waals surface area contributed by atoms with Crippen LogP contribution >= 0.6 is 11.3 Å². The van der Waals surface area contributed by atoms with Crippen molar-refractivity contribution in [1.29, 1.82) is 0 Å². The molecule has 0 atom stereocenters. The Morgan fingerprint density at radius 1 is 1.00 bits per heavy atom. The van der Waals surface area contributed by atoms with Gasteiger partial charge in [0.2, 0.25) is 5.91 Å². The van der Waals surface area contributed by atoms with Crippen LogP contribution in [0.5, 0.6) is 0 Å². The van der Waals surface area contributed by atoms with Crippen LogP contribution in [0, 0.1) is 11.6 Å². The summed E-state index contributed by atoms with van der Waals surface area (Å²) < 4.78 is 29.5. The minimum atomic E-state index is -0.564. The SMILES string of the molecule is CC(=O)N1CCc2c(sc3c2c(=O)n(-c2ccc(F)cc2)c(=O)n3Cc2ccc(F)cc2)C1. The van der Waals surface area contributed by atoms with Gasteiger partial charge in [0.1, 0.15) is 16.5 Å². The number of carbonyl (C=O) groups excluding carboxylic acids is 1. The van der Waals surface area contributed by atoms with E-state index in [1.165, 1.54) is 59.2 Å². The lowest BCUT2D eigenvalue weighted by molar-refractivity contribution is -0.129. The molecule has 5 rings (SSSR count). The zero-order valence-electron chi connectivity index (χ0n) is 17.7. The molecule has 2 aromatic carbocycles. The fourth-order valence-electron chi connectivity index (χ4n) is 4.20. The van der Waals surface area contributed by atoms with Crippen molar-refractivity contribution in [2.24, 2.45) is 0 Å². The Balaban J connectivity index is 1.78. The van der Waals surface area contributed by atoms with Gasteiger partial charge in [0.15, 0.2) is 0 Å². The predicted molar refractivity (Wildman–Crippen MR) is 122 cm³/mol. The molecule has 9 heteroatoms. The van der Waals surface area contributed by atoms with Crippen molar-refractivity contribution in [3.63, 3.8) is 0 Å². The Kier molecular flexibility index (Phi) is 5.20. The quantitative estimate of drug-likeness (QED) is 0.464. The van der Waals surface area contributed by atoms with E-state index < -0.39 is 17.1 Å². The number of hydrogen-bond donors (Lipinski definition) is 0. The summed E-state index contributed by atoms with van der Waals surface area (Å²) in [7, 11) is 0. The molecule has 0 radical (unpaired) electrons. The number of benzene rings is 2. The van der Waals surface area contributed by atoms with Gasteiger partial charge in [-0.25, -0.2) is 18.1 Å². The van der Waals surface area contributed by atoms with Crippen LogP contribution in [0.3, 0.4) is 0 Å². The van der Waals surface area contributed by atoms with E-state index in [1.807, 2.05) is 0 Å². The number of nitrogens with zero attached hydrogens (tertiary/aromatic N) is 3. The number of hydrogen-bond acceptors (Lipinski definition) is 4. The second kappa shape index (κ2) is 8.08. The summed E-state index contributed by atoms with van der Waals surface area (Å²) in [5, 5.41) is 0.434. The molecule has 1 amide bonds. The van der Waals surface area contributed by atoms with Crippen molar-refractivity contribution in [2.45, 2.75) is 26.4 Å². The molecule has 0 N–H and O–H groups in total. The third-order valence-electron chi connectivity index (χ3n) is 5.91. The topological polar surface area (TPSA) is 64.3 Å². The van der Waals surface area contributed by atoms with Gasteiger partial charge in [-0.1, -0.05) is 12.1 Å². The van der Waals surface area contributed by atoms with E-state index in [9.17, 15) is 23.2 Å². The molecule has 2 aromatic heterocycles. The summed E-state index contributed by atoms with van der Waals surface area (Å²) in [6.45, 7) is 2.50. The molecule has 1 aliphatic rings. The maximum atomic E-state index is 13.6. The Bertz CT molecular complexity index is 1500. The van der Waals surface area contributed by atoms with E-state index >= 15 is 0 Å². The van der Waals surface area contributed by atoms with Gasteiger partial charge in [0.05, 0.1) is 24.2 Å². The minimum Gasteiger partial charge on any atom is -0.337 e. The normalized spacial score (nSPS) is 13.4. The summed E-state index contributed by atoms with van der Waals surface area (Å²) in [5.41, 5.74) is 0.764. The summed E-state index contributed by atoms with van der Waals surface area (Å²) in [5.74, 6) is -0.911. The van der Waals surface area contributed by atoms with Gasteiger partial charge in [-0.3, -0.25) is 14.2 Å². The third kappa shape index (κ3) is 3.68. The standard InChI is InChI=1S/C24H19F2N3O3S/c1-14(30)27-11-10-19-20(13-27)33-23-21(19)22(31)29(18-8-6-17(26)7-9-18)24(32)28(23)12-15-2-4-16(25)5-3-15/h2-9H,10-13H2,1H3. The summed E-state index contributed by atoms with van der Waals surface area (Å²) in [4.78, 5) is 42.1. The zero-order chi connectivity index (χ0) is 23.3. The molecule has 4 aromatic rings. The molecule has 33 heavy (non-hydrogen) atoms. The Morgan fingerprint density at radius 2 is 1.64 bits per heavy atom. The lowest BCUT2D eigenvalue weighted by Gasteiger charge is -2.25. The zero-order valence-corrected chi connectivity index (χ0v) is 18.5. The summed E-state index contributed by atoms with van der Waals surface area (Å²) >= 11 is 1.33. The van der Waals surface area contributed by atoms with E-state index in [0.29, 0.717) is 35.3 Å². The van der Waals surface area contributed by atoms with Crippen molar-refractivity contribution in [1.82, 2.24) is 14.0 Å². The molecule has 168 valence electrons. The molecule has 1 aliphatic heterocycles. The number of fused-ring (bicyclic) bond motifs is 3. The molecule has 0 saturated heterocycles. The highest BCUT2D eigenvalue weighted by Crippen LogP contribution is 2.33. The first-order valence-electron chi connectivity index (χ1n) is 10.4. The maximum Gasteiger partial charge on any atom is 0.337 e. The predicted octanol–water partition coefficient (Wildman–Crippen LogP) is 3.45. The van der Waals surface area contributed by atoms with Crippen molar-refractivity contribution < 1.29 is 13.6 Å². The Morgan fingerprint density at radius 3 is 2.27 bits per heavy atom. The molecule has 0 aliphatic carbocycles. The van der Waals surface area contributed by atoms with E-state index in [2.05, 4.69) is 0 Å². The molecule has 6 nitrogen and oxygen atoms in total. The molecule has 0 unspecified atom stereocenters. The lowest BCUT2D eigenvalue weighted by Crippen LogP contribution is -2.39. The highest BCUT2D eigenvalue weighted by molar-refractivity contribution is 7.18.